The molecule has 4 aromatic rings. The number of amides is 2. The fourth-order valence-electron chi connectivity index (χ4n) is 4.83. The number of hydrogen-bond donors (Lipinski definition) is 1. The first-order valence-corrected chi connectivity index (χ1v) is 15.5. The molecule has 236 valence electrons. The van der Waals surface area contributed by atoms with Gasteiger partial charge >= 0.3 is 12.4 Å². The lowest BCUT2D eigenvalue weighted by Crippen LogP contribution is -2.36. The minimum Gasteiger partial charge on any atom is -0.406 e. The molecule has 1 fully saturated rings. The summed E-state index contributed by atoms with van der Waals surface area (Å²) in [6, 6.07) is 20.0. The Balaban J connectivity index is 1.27. The third kappa shape index (κ3) is 8.13. The summed E-state index contributed by atoms with van der Waals surface area (Å²) in [5.74, 6) is 0.897. The largest absolute Gasteiger partial charge is 0.573 e. The van der Waals surface area contributed by atoms with E-state index in [1.165, 1.54) is 58.8 Å². The second-order valence-electron chi connectivity index (χ2n) is 10.4. The summed E-state index contributed by atoms with van der Waals surface area (Å²) < 4.78 is 42.6. The molecule has 2 heterocycles. The number of nitrogens with zero attached hydrogens (tertiary/aromatic N) is 6. The third-order valence-electron chi connectivity index (χ3n) is 6.98. The van der Waals surface area contributed by atoms with Gasteiger partial charge in [0.1, 0.15) is 18.1 Å². The van der Waals surface area contributed by atoms with Crippen molar-refractivity contribution < 1.29 is 22.7 Å². The van der Waals surface area contributed by atoms with Gasteiger partial charge in [-0.25, -0.2) is 14.5 Å². The van der Waals surface area contributed by atoms with Gasteiger partial charge in [-0.2, -0.15) is 10.3 Å². The standard InChI is InChI=1S/C33H30F3N7O2S/c1-3-5-24-7-6-22(2)18-29(24)42-16-4-17-46-32(42)40-31(44)38-20-26(19-37)23-8-10-25(11-9-23)30-39-21-43(41-30)27-12-14-28(15-13-27)45-33(34,35)36/h6-15,18,20-21H,3-5,16-17H2,1-2H3,(H,38,44)/b26-20+,40-32?. The summed E-state index contributed by atoms with van der Waals surface area (Å²) in [6.45, 7) is 4.95. The van der Waals surface area contributed by atoms with Crippen molar-refractivity contribution in [2.45, 2.75) is 39.5 Å². The van der Waals surface area contributed by atoms with Crippen molar-refractivity contribution in [3.05, 3.63) is 95.9 Å². The summed E-state index contributed by atoms with van der Waals surface area (Å²) in [6.07, 6.45) is 0.921. The molecule has 1 saturated heterocycles. The first-order valence-electron chi connectivity index (χ1n) is 14.5. The molecule has 1 aromatic heterocycles. The Kier molecular flexibility index (Phi) is 10.1. The number of halogens is 3. The number of ether oxygens (including phenoxy) is 1. The predicted molar refractivity (Wildman–Crippen MR) is 173 cm³/mol. The highest BCUT2D eigenvalue weighted by Gasteiger charge is 2.31. The maximum Gasteiger partial charge on any atom is 0.573 e. The first kappa shape index (κ1) is 32.3. The highest BCUT2D eigenvalue weighted by molar-refractivity contribution is 8.14. The van der Waals surface area contributed by atoms with Crippen molar-refractivity contribution in [1.82, 2.24) is 20.1 Å². The van der Waals surface area contributed by atoms with Crippen molar-refractivity contribution in [3.63, 3.8) is 0 Å². The molecule has 0 atom stereocenters. The molecule has 9 nitrogen and oxygen atoms in total. The van der Waals surface area contributed by atoms with E-state index in [0.29, 0.717) is 27.8 Å². The van der Waals surface area contributed by atoms with Crippen LogP contribution in [0.2, 0.25) is 0 Å². The van der Waals surface area contributed by atoms with Gasteiger partial charge in [0.05, 0.1) is 11.3 Å². The summed E-state index contributed by atoms with van der Waals surface area (Å²) in [7, 11) is 0. The first-order chi connectivity index (χ1) is 22.1. The molecule has 0 aliphatic carbocycles. The van der Waals surface area contributed by atoms with Crippen LogP contribution in [0.1, 0.15) is 36.5 Å². The van der Waals surface area contributed by atoms with Crippen LogP contribution in [-0.2, 0) is 6.42 Å². The molecule has 1 aliphatic rings. The van der Waals surface area contributed by atoms with E-state index in [4.69, 9.17) is 0 Å². The van der Waals surface area contributed by atoms with Gasteiger partial charge in [-0.15, -0.1) is 18.3 Å². The number of aryl methyl sites for hydroxylation is 2. The number of amidine groups is 1. The van der Waals surface area contributed by atoms with Crippen LogP contribution < -0.4 is 15.0 Å². The Morgan fingerprint density at radius 1 is 1.15 bits per heavy atom. The molecule has 0 radical (unpaired) electrons. The van der Waals surface area contributed by atoms with Crippen molar-refractivity contribution in [2.75, 3.05) is 17.2 Å². The number of rotatable bonds is 8. The van der Waals surface area contributed by atoms with Crippen LogP contribution in [0.4, 0.5) is 23.7 Å². The summed E-state index contributed by atoms with van der Waals surface area (Å²) in [4.78, 5) is 23.6. The average Bonchev–Trinajstić information content (AvgIpc) is 3.53. The molecule has 3 aromatic carbocycles. The van der Waals surface area contributed by atoms with Crippen LogP contribution in [0.5, 0.6) is 5.75 Å². The Bertz CT molecular complexity index is 1790. The van der Waals surface area contributed by atoms with Gasteiger partial charge in [0, 0.05) is 29.7 Å². The minimum absolute atomic E-state index is 0.233. The SMILES string of the molecule is CCCc1ccc(C)cc1N1CCCSC1=NC(=O)N/C=C(\C#N)c1ccc(-c2ncn(-c3ccc(OC(F)(F)F)cc3)n2)cc1. The highest BCUT2D eigenvalue weighted by Crippen LogP contribution is 2.30. The number of aromatic nitrogens is 3. The Hall–Kier alpha value is -5.09. The lowest BCUT2D eigenvalue weighted by molar-refractivity contribution is -0.274. The smallest absolute Gasteiger partial charge is 0.406 e. The molecule has 0 bridgehead atoms. The van der Waals surface area contributed by atoms with E-state index in [0.717, 1.165) is 42.8 Å². The zero-order valence-corrected chi connectivity index (χ0v) is 25.9. The number of aliphatic imine (C=N–C) groups is 1. The van der Waals surface area contributed by atoms with Crippen LogP contribution >= 0.6 is 11.8 Å². The van der Waals surface area contributed by atoms with Gasteiger partial charge in [-0.05, 0) is 66.8 Å². The van der Waals surface area contributed by atoms with Crippen molar-refractivity contribution in [1.29, 1.82) is 5.26 Å². The Labute approximate surface area is 268 Å². The molecule has 5 rings (SSSR count). The maximum atomic E-state index is 12.9. The average molecular weight is 646 g/mol. The molecular formula is C33H30F3N7O2S. The van der Waals surface area contributed by atoms with Gasteiger partial charge in [0.15, 0.2) is 11.0 Å². The second kappa shape index (κ2) is 14.3. The number of anilines is 1. The van der Waals surface area contributed by atoms with Gasteiger partial charge in [-0.3, -0.25) is 0 Å². The van der Waals surface area contributed by atoms with Crippen LogP contribution in [0.15, 0.2) is 84.2 Å². The number of allylic oxidation sites excluding steroid dienone is 1. The van der Waals surface area contributed by atoms with Crippen molar-refractivity contribution in [2.24, 2.45) is 4.99 Å². The summed E-state index contributed by atoms with van der Waals surface area (Å²) in [5.41, 5.74) is 5.37. The normalized spacial score (nSPS) is 14.7. The number of nitrogens with one attached hydrogen (secondary N) is 1. The quantitative estimate of drug-likeness (QED) is 0.196. The third-order valence-corrected chi connectivity index (χ3v) is 8.04. The topological polar surface area (TPSA) is 108 Å². The molecule has 2 amide bonds. The summed E-state index contributed by atoms with van der Waals surface area (Å²) >= 11 is 1.53. The molecule has 0 saturated carbocycles. The van der Waals surface area contributed by atoms with Crippen molar-refractivity contribution >= 4 is 34.2 Å². The number of urea groups is 1. The van der Waals surface area contributed by atoms with E-state index in [1.54, 1.807) is 24.3 Å². The van der Waals surface area contributed by atoms with E-state index < -0.39 is 12.4 Å². The van der Waals surface area contributed by atoms with Crippen molar-refractivity contribution in [3.8, 4) is 28.9 Å². The zero-order valence-electron chi connectivity index (χ0n) is 25.1. The van der Waals surface area contributed by atoms with E-state index in [9.17, 15) is 23.2 Å². The molecule has 13 heteroatoms. The fourth-order valence-corrected chi connectivity index (χ4v) is 5.78. The zero-order chi connectivity index (χ0) is 32.7. The van der Waals surface area contributed by atoms with E-state index in [1.807, 2.05) is 6.92 Å². The number of alkyl halides is 3. The number of carbonyl (C=O) groups is 1. The van der Waals surface area contributed by atoms with Crippen LogP contribution in [-0.4, -0.2) is 44.6 Å². The van der Waals surface area contributed by atoms with E-state index in [-0.39, 0.29) is 11.3 Å². The van der Waals surface area contributed by atoms with Crippen LogP contribution in [0, 0.1) is 18.3 Å². The van der Waals surface area contributed by atoms with Crippen LogP contribution in [0.25, 0.3) is 22.6 Å². The number of nitriles is 1. The number of carbonyl (C=O) groups excluding carboxylic acids is 1. The maximum absolute atomic E-state index is 12.9. The van der Waals surface area contributed by atoms with E-state index >= 15 is 0 Å². The lowest BCUT2D eigenvalue weighted by Gasteiger charge is -2.31. The Morgan fingerprint density at radius 3 is 2.61 bits per heavy atom. The second-order valence-corrected chi connectivity index (χ2v) is 11.4. The lowest BCUT2D eigenvalue weighted by atomic mass is 10.0. The molecule has 46 heavy (non-hydrogen) atoms. The fraction of sp³-hybridized carbons (Fsp3) is 0.242. The molecular weight excluding hydrogens is 615 g/mol. The van der Waals surface area contributed by atoms with Gasteiger partial charge in [-0.1, -0.05) is 61.5 Å². The number of benzene rings is 3. The molecule has 1 aliphatic heterocycles. The molecule has 0 spiro atoms. The highest BCUT2D eigenvalue weighted by atomic mass is 32.2. The van der Waals surface area contributed by atoms with Crippen LogP contribution in [0.3, 0.4) is 0 Å². The van der Waals surface area contributed by atoms with Gasteiger partial charge < -0.3 is 15.0 Å². The van der Waals surface area contributed by atoms with E-state index in [2.05, 4.69) is 61.2 Å². The molecule has 1 N–H and O–H groups in total. The summed E-state index contributed by atoms with van der Waals surface area (Å²) in [5, 5.41) is 17.5. The number of thioether (sulfide) groups is 1. The molecule has 0 unspecified atom stereocenters. The Morgan fingerprint density at radius 2 is 1.91 bits per heavy atom. The van der Waals surface area contributed by atoms with Gasteiger partial charge in [0.25, 0.3) is 0 Å². The number of hydrogen-bond acceptors (Lipinski definition) is 6. The predicted octanol–water partition coefficient (Wildman–Crippen LogP) is 7.67. The monoisotopic (exact) mass is 645 g/mol. The van der Waals surface area contributed by atoms with Gasteiger partial charge in [0.2, 0.25) is 0 Å². The minimum atomic E-state index is -4.77.